The molecule has 100 valence electrons. The van der Waals surface area contributed by atoms with Crippen molar-refractivity contribution in [3.63, 3.8) is 0 Å². The van der Waals surface area contributed by atoms with Gasteiger partial charge < -0.3 is 0 Å². The van der Waals surface area contributed by atoms with Crippen LogP contribution in [-0.2, 0) is 12.8 Å². The molecule has 0 radical (unpaired) electrons. The van der Waals surface area contributed by atoms with Gasteiger partial charge in [-0.2, -0.15) is 0 Å². The van der Waals surface area contributed by atoms with Crippen LogP contribution in [0.2, 0.25) is 0 Å². The highest BCUT2D eigenvalue weighted by Gasteiger charge is 2.16. The third kappa shape index (κ3) is 3.21. The number of halogens is 3. The predicted octanol–water partition coefficient (Wildman–Crippen LogP) is 5.21. The van der Waals surface area contributed by atoms with E-state index in [9.17, 15) is 8.78 Å². The quantitative estimate of drug-likeness (QED) is 0.677. The number of rotatable bonds is 4. The molecule has 1 atom stereocenters. The number of hydrogen-bond donors (Lipinski definition) is 0. The number of aryl methyl sites for hydroxylation is 1. The van der Waals surface area contributed by atoms with Crippen molar-refractivity contribution in [3.05, 3.63) is 70.8 Å². The zero-order valence-electron chi connectivity index (χ0n) is 10.7. The molecular weight excluding hydrogens is 310 g/mol. The van der Waals surface area contributed by atoms with E-state index in [0.29, 0.717) is 6.42 Å². The fourth-order valence-electron chi connectivity index (χ4n) is 2.18. The maximum atomic E-state index is 13.6. The third-order valence-electron chi connectivity index (χ3n) is 3.22. The zero-order chi connectivity index (χ0) is 13.8. The number of alkyl halides is 1. The van der Waals surface area contributed by atoms with Crippen LogP contribution in [0.1, 0.15) is 28.4 Å². The first kappa shape index (κ1) is 14.2. The van der Waals surface area contributed by atoms with Crippen molar-refractivity contribution in [2.24, 2.45) is 0 Å². The number of benzene rings is 2. The minimum absolute atomic E-state index is 0.0879. The average molecular weight is 325 g/mol. The van der Waals surface area contributed by atoms with Crippen LogP contribution in [0.25, 0.3) is 0 Å². The smallest absolute Gasteiger partial charge is 0.129 e. The average Bonchev–Trinajstić information content (AvgIpc) is 2.42. The third-order valence-corrected chi connectivity index (χ3v) is 4.04. The standard InChI is InChI=1S/C16H15BrF2/c1-2-11-6-3-4-7-12(11)14(17)10-13-15(18)8-5-9-16(13)19/h3-9,14H,2,10H2,1H3. The van der Waals surface area contributed by atoms with Crippen LogP contribution in [0.5, 0.6) is 0 Å². The Balaban J connectivity index is 2.28. The number of hydrogen-bond acceptors (Lipinski definition) is 0. The summed E-state index contributed by atoms with van der Waals surface area (Å²) in [5.74, 6) is -0.975. The lowest BCUT2D eigenvalue weighted by molar-refractivity contribution is 0.554. The molecule has 0 bridgehead atoms. The van der Waals surface area contributed by atoms with Crippen molar-refractivity contribution in [1.29, 1.82) is 0 Å². The molecule has 2 aromatic carbocycles. The molecule has 0 nitrogen and oxygen atoms in total. The van der Waals surface area contributed by atoms with Gasteiger partial charge in [0.2, 0.25) is 0 Å². The van der Waals surface area contributed by atoms with Gasteiger partial charge in [0.05, 0.1) is 0 Å². The summed E-state index contributed by atoms with van der Waals surface area (Å²) in [6.45, 7) is 2.07. The molecule has 0 amide bonds. The maximum absolute atomic E-state index is 13.6. The van der Waals surface area contributed by atoms with E-state index < -0.39 is 11.6 Å². The largest absolute Gasteiger partial charge is 0.207 e. The van der Waals surface area contributed by atoms with Crippen LogP contribution in [0.4, 0.5) is 8.78 Å². The Kier molecular flexibility index (Phi) is 4.70. The van der Waals surface area contributed by atoms with E-state index in [1.807, 2.05) is 24.3 Å². The molecule has 3 heteroatoms. The fraction of sp³-hybridized carbons (Fsp3) is 0.250. The molecule has 0 fully saturated rings. The zero-order valence-corrected chi connectivity index (χ0v) is 12.3. The van der Waals surface area contributed by atoms with Gasteiger partial charge in [0.1, 0.15) is 11.6 Å². The predicted molar refractivity (Wildman–Crippen MR) is 77.6 cm³/mol. The molecule has 0 saturated carbocycles. The second kappa shape index (κ2) is 6.29. The summed E-state index contributed by atoms with van der Waals surface area (Å²) in [6.07, 6.45) is 1.20. The van der Waals surface area contributed by atoms with Crippen molar-refractivity contribution >= 4 is 15.9 Å². The lowest BCUT2D eigenvalue weighted by Gasteiger charge is -2.15. The topological polar surface area (TPSA) is 0 Å². The van der Waals surface area contributed by atoms with E-state index in [1.54, 1.807) is 0 Å². The Bertz CT molecular complexity index is 546. The van der Waals surface area contributed by atoms with E-state index in [0.717, 1.165) is 12.0 Å². The van der Waals surface area contributed by atoms with Gasteiger partial charge in [-0.15, -0.1) is 0 Å². The van der Waals surface area contributed by atoms with Crippen LogP contribution in [0, 0.1) is 11.6 Å². The monoisotopic (exact) mass is 324 g/mol. The second-order valence-electron chi connectivity index (χ2n) is 4.42. The Morgan fingerprint density at radius 1 is 1.00 bits per heavy atom. The lowest BCUT2D eigenvalue weighted by Crippen LogP contribution is -2.03. The molecule has 2 rings (SSSR count). The summed E-state index contributed by atoms with van der Waals surface area (Å²) < 4.78 is 27.3. The Morgan fingerprint density at radius 3 is 2.26 bits per heavy atom. The van der Waals surface area contributed by atoms with Crippen LogP contribution in [-0.4, -0.2) is 0 Å². The first-order valence-electron chi connectivity index (χ1n) is 6.28. The van der Waals surface area contributed by atoms with Gasteiger partial charge in [-0.3, -0.25) is 0 Å². The first-order valence-corrected chi connectivity index (χ1v) is 7.19. The molecule has 2 aromatic rings. The van der Waals surface area contributed by atoms with Crippen molar-refractivity contribution in [1.82, 2.24) is 0 Å². The summed E-state index contributed by atoms with van der Waals surface area (Å²) in [6, 6.07) is 11.9. The van der Waals surface area contributed by atoms with Crippen LogP contribution >= 0.6 is 15.9 Å². The minimum atomic E-state index is -0.488. The summed E-state index contributed by atoms with van der Waals surface area (Å²) in [5.41, 5.74) is 2.42. The van der Waals surface area contributed by atoms with Crippen molar-refractivity contribution in [2.45, 2.75) is 24.6 Å². The summed E-state index contributed by atoms with van der Waals surface area (Å²) >= 11 is 3.55. The van der Waals surface area contributed by atoms with Gasteiger partial charge >= 0.3 is 0 Å². The fourth-order valence-corrected chi connectivity index (χ4v) is 2.95. The van der Waals surface area contributed by atoms with Crippen LogP contribution in [0.15, 0.2) is 42.5 Å². The normalized spacial score (nSPS) is 12.4. The van der Waals surface area contributed by atoms with Crippen molar-refractivity contribution < 1.29 is 8.78 Å². The summed E-state index contributed by atoms with van der Waals surface area (Å²) in [5, 5.41) is 0. The minimum Gasteiger partial charge on any atom is -0.207 e. The molecule has 0 aromatic heterocycles. The van der Waals surface area contributed by atoms with Gasteiger partial charge in [-0.05, 0) is 36.1 Å². The molecule has 0 aliphatic carbocycles. The second-order valence-corrected chi connectivity index (χ2v) is 5.53. The molecular formula is C16H15BrF2. The van der Waals surface area contributed by atoms with E-state index in [4.69, 9.17) is 0 Å². The Morgan fingerprint density at radius 2 is 1.63 bits per heavy atom. The molecule has 0 aliphatic heterocycles. The highest BCUT2D eigenvalue weighted by atomic mass is 79.9. The molecule has 0 N–H and O–H groups in total. The Hall–Kier alpha value is -1.22. The summed E-state index contributed by atoms with van der Waals surface area (Å²) in [7, 11) is 0. The van der Waals surface area contributed by atoms with Gasteiger partial charge in [0.25, 0.3) is 0 Å². The van der Waals surface area contributed by atoms with Crippen molar-refractivity contribution in [3.8, 4) is 0 Å². The maximum Gasteiger partial charge on any atom is 0.129 e. The highest BCUT2D eigenvalue weighted by molar-refractivity contribution is 9.09. The first-order chi connectivity index (χ1) is 9.13. The molecule has 0 saturated heterocycles. The molecule has 1 unspecified atom stereocenters. The lowest BCUT2D eigenvalue weighted by atomic mass is 9.98. The van der Waals surface area contributed by atoms with Gasteiger partial charge in [-0.25, -0.2) is 8.78 Å². The van der Waals surface area contributed by atoms with Gasteiger partial charge in [0, 0.05) is 10.4 Å². The van der Waals surface area contributed by atoms with E-state index >= 15 is 0 Å². The Labute approximate surface area is 120 Å². The molecule has 0 spiro atoms. The molecule has 19 heavy (non-hydrogen) atoms. The summed E-state index contributed by atoms with van der Waals surface area (Å²) in [4.78, 5) is -0.0879. The van der Waals surface area contributed by atoms with E-state index in [2.05, 4.69) is 22.9 Å². The van der Waals surface area contributed by atoms with Gasteiger partial charge in [0.15, 0.2) is 0 Å². The van der Waals surface area contributed by atoms with Crippen LogP contribution in [0.3, 0.4) is 0 Å². The van der Waals surface area contributed by atoms with Crippen LogP contribution < -0.4 is 0 Å². The SMILES string of the molecule is CCc1ccccc1C(Br)Cc1c(F)cccc1F. The highest BCUT2D eigenvalue weighted by Crippen LogP contribution is 2.31. The van der Waals surface area contributed by atoms with Crippen molar-refractivity contribution in [2.75, 3.05) is 0 Å². The van der Waals surface area contributed by atoms with Gasteiger partial charge in [-0.1, -0.05) is 53.2 Å². The molecule has 0 heterocycles. The molecule has 0 aliphatic rings. The van der Waals surface area contributed by atoms with E-state index in [-0.39, 0.29) is 10.4 Å². The van der Waals surface area contributed by atoms with E-state index in [1.165, 1.54) is 23.8 Å².